The minimum atomic E-state index is 0.626. The van der Waals surface area contributed by atoms with Crippen LogP contribution in [-0.4, -0.2) is 19.9 Å². The Kier molecular flexibility index (Phi) is 9.41. The summed E-state index contributed by atoms with van der Waals surface area (Å²) >= 11 is 0. The molecule has 0 saturated carbocycles. The first-order valence-electron chi connectivity index (χ1n) is 19.9. The highest BCUT2D eigenvalue weighted by molar-refractivity contribution is 6.24. The molecule has 0 unspecified atom stereocenters. The number of hydrogen-bond acceptors (Lipinski definition) is 4. The van der Waals surface area contributed by atoms with E-state index in [1.807, 2.05) is 72.8 Å². The van der Waals surface area contributed by atoms with Crippen LogP contribution >= 0.6 is 0 Å². The summed E-state index contributed by atoms with van der Waals surface area (Å²) in [5.74, 6) is 1.91. The molecule has 2 aromatic heterocycles. The van der Waals surface area contributed by atoms with Crippen molar-refractivity contribution in [1.82, 2.24) is 19.9 Å². The third-order valence-corrected chi connectivity index (χ3v) is 10.8. The van der Waals surface area contributed by atoms with E-state index in [1.54, 1.807) is 0 Å². The van der Waals surface area contributed by atoms with Crippen LogP contribution in [0.2, 0.25) is 0 Å². The van der Waals surface area contributed by atoms with Crippen molar-refractivity contribution < 1.29 is 0 Å². The number of allylic oxidation sites excluding steroid dienone is 9. The summed E-state index contributed by atoms with van der Waals surface area (Å²) in [6.45, 7) is 4.35. The summed E-state index contributed by atoms with van der Waals surface area (Å²) in [7, 11) is 0. The molecule has 1 aliphatic carbocycles. The van der Waals surface area contributed by atoms with Crippen LogP contribution in [0.15, 0.2) is 218 Å². The molecule has 9 aromatic rings. The van der Waals surface area contributed by atoms with E-state index >= 15 is 0 Å². The van der Waals surface area contributed by atoms with Crippen molar-refractivity contribution in [3.63, 3.8) is 0 Å². The highest BCUT2D eigenvalue weighted by Crippen LogP contribution is 2.42. The van der Waals surface area contributed by atoms with Gasteiger partial charge in [-0.25, -0.2) is 19.9 Å². The topological polar surface area (TPSA) is 51.6 Å². The minimum absolute atomic E-state index is 0.626. The van der Waals surface area contributed by atoms with Gasteiger partial charge in [-0.3, -0.25) is 0 Å². The van der Waals surface area contributed by atoms with E-state index in [9.17, 15) is 0 Å². The molecule has 0 saturated heterocycles. The highest BCUT2D eigenvalue weighted by Gasteiger charge is 2.18. The first-order chi connectivity index (χ1) is 29.2. The zero-order chi connectivity index (χ0) is 39.5. The lowest BCUT2D eigenvalue weighted by Gasteiger charge is -2.17. The van der Waals surface area contributed by atoms with Crippen molar-refractivity contribution in [2.45, 2.75) is 6.42 Å². The van der Waals surface area contributed by atoms with Crippen molar-refractivity contribution in [3.05, 3.63) is 224 Å². The van der Waals surface area contributed by atoms with Gasteiger partial charge in [-0.1, -0.05) is 183 Å². The SMILES string of the molecule is C=C1/C=C\C=C/C/C=C\C(c2nc3ccccc3c3c2cc(-c2cccc(-c4cccc(-c5nc(-c6ccccc6)nc(-c6ccccc6)n5)c4)c2)c2ccccc23)=C/1. The maximum atomic E-state index is 5.36. The Hall–Kier alpha value is -7.82. The van der Waals surface area contributed by atoms with Crippen molar-refractivity contribution in [2.24, 2.45) is 0 Å². The average molecular weight is 755 g/mol. The van der Waals surface area contributed by atoms with Gasteiger partial charge in [0.25, 0.3) is 0 Å². The molecule has 0 spiro atoms. The quantitative estimate of drug-likeness (QED) is 0.159. The summed E-state index contributed by atoms with van der Waals surface area (Å²) in [6, 6.07) is 57.1. The van der Waals surface area contributed by atoms with Crippen LogP contribution in [0, 0.1) is 0 Å². The molecule has 4 heteroatoms. The number of aromatic nitrogens is 4. The average Bonchev–Trinajstić information content (AvgIpc) is 3.30. The van der Waals surface area contributed by atoms with Gasteiger partial charge < -0.3 is 0 Å². The smallest absolute Gasteiger partial charge is 0.164 e. The summed E-state index contributed by atoms with van der Waals surface area (Å²) in [5, 5.41) is 5.81. The summed E-state index contributed by atoms with van der Waals surface area (Å²) in [4.78, 5) is 20.3. The molecule has 0 radical (unpaired) electrons. The molecule has 2 heterocycles. The number of hydrogen-bond donors (Lipinski definition) is 0. The zero-order valence-electron chi connectivity index (χ0n) is 32.3. The minimum Gasteiger partial charge on any atom is -0.247 e. The fourth-order valence-electron chi connectivity index (χ4n) is 7.97. The fourth-order valence-corrected chi connectivity index (χ4v) is 7.97. The number of rotatable bonds is 6. The van der Waals surface area contributed by atoms with Gasteiger partial charge in [0.05, 0.1) is 11.2 Å². The Bertz CT molecular complexity index is 3130. The molecule has 0 amide bonds. The van der Waals surface area contributed by atoms with E-state index in [0.717, 1.165) is 78.5 Å². The number of nitrogens with zero attached hydrogens (tertiary/aromatic N) is 4. The molecule has 0 aliphatic heterocycles. The molecule has 4 nitrogen and oxygen atoms in total. The van der Waals surface area contributed by atoms with E-state index in [-0.39, 0.29) is 0 Å². The van der Waals surface area contributed by atoms with Gasteiger partial charge in [-0.05, 0) is 75.4 Å². The molecule has 1 aliphatic rings. The van der Waals surface area contributed by atoms with Crippen LogP contribution in [0.5, 0.6) is 0 Å². The maximum Gasteiger partial charge on any atom is 0.164 e. The van der Waals surface area contributed by atoms with Gasteiger partial charge in [0.2, 0.25) is 0 Å². The van der Waals surface area contributed by atoms with Crippen molar-refractivity contribution in [2.75, 3.05) is 0 Å². The van der Waals surface area contributed by atoms with E-state index in [1.165, 1.54) is 16.2 Å². The normalized spacial score (nSPS) is 15.5. The lowest BCUT2D eigenvalue weighted by atomic mass is 9.88. The summed E-state index contributed by atoms with van der Waals surface area (Å²) in [5.41, 5.74) is 11.1. The Morgan fingerprint density at radius 3 is 1.68 bits per heavy atom. The fraction of sp³-hybridized carbons (Fsp3) is 0.0182. The van der Waals surface area contributed by atoms with E-state index in [0.29, 0.717) is 17.5 Å². The van der Waals surface area contributed by atoms with E-state index in [4.69, 9.17) is 19.9 Å². The Balaban J connectivity index is 1.13. The van der Waals surface area contributed by atoms with E-state index < -0.39 is 0 Å². The second-order valence-electron chi connectivity index (χ2n) is 14.7. The first-order valence-corrected chi connectivity index (χ1v) is 19.9. The largest absolute Gasteiger partial charge is 0.247 e. The molecular formula is C55H38N4. The van der Waals surface area contributed by atoms with Crippen LogP contribution in [0.4, 0.5) is 0 Å². The van der Waals surface area contributed by atoms with Crippen LogP contribution in [0.25, 0.3) is 94.4 Å². The summed E-state index contributed by atoms with van der Waals surface area (Å²) < 4.78 is 0. The monoisotopic (exact) mass is 754 g/mol. The molecule has 59 heavy (non-hydrogen) atoms. The third kappa shape index (κ3) is 7.09. The van der Waals surface area contributed by atoms with Gasteiger partial charge in [0, 0.05) is 38.4 Å². The van der Waals surface area contributed by atoms with Gasteiger partial charge >= 0.3 is 0 Å². The lowest BCUT2D eigenvalue weighted by Crippen LogP contribution is -2.00. The first kappa shape index (κ1) is 35.6. The molecule has 10 rings (SSSR count). The van der Waals surface area contributed by atoms with Crippen molar-refractivity contribution >= 4 is 38.0 Å². The Morgan fingerprint density at radius 2 is 0.966 bits per heavy atom. The van der Waals surface area contributed by atoms with Gasteiger partial charge in [0.1, 0.15) is 0 Å². The molecule has 0 bridgehead atoms. The predicted octanol–water partition coefficient (Wildman–Crippen LogP) is 14.1. The van der Waals surface area contributed by atoms with Crippen LogP contribution in [0.3, 0.4) is 0 Å². The lowest BCUT2D eigenvalue weighted by molar-refractivity contribution is 1.07. The van der Waals surface area contributed by atoms with Crippen LogP contribution < -0.4 is 0 Å². The van der Waals surface area contributed by atoms with Crippen molar-refractivity contribution in [3.8, 4) is 56.4 Å². The highest BCUT2D eigenvalue weighted by atomic mass is 15.0. The number of pyridine rings is 1. The summed E-state index contributed by atoms with van der Waals surface area (Å²) in [6.07, 6.45) is 15.7. The Morgan fingerprint density at radius 1 is 0.407 bits per heavy atom. The number of para-hydroxylation sites is 1. The number of fused-ring (bicyclic) bond motifs is 5. The standard InChI is InChI=1S/C55H38N4/c1-37-19-7-3-2-4-8-24-43(33-37)52-49-36-48(45-29-13-14-30-46(45)51(49)47-31-15-16-32-50(47)56-52)42-27-17-25-40(34-42)41-26-18-28-44(35-41)55-58-53(38-20-9-5-10-21-38)57-54(59-55)39-22-11-6-12-23-39/h2-3,5-36H,1,4H2/b3-2-,19-7-,24-8-,43-33+. The van der Waals surface area contributed by atoms with Crippen LogP contribution in [-0.2, 0) is 0 Å². The van der Waals surface area contributed by atoms with E-state index in [2.05, 4.69) is 140 Å². The second-order valence-corrected chi connectivity index (χ2v) is 14.7. The molecule has 0 atom stereocenters. The number of benzene rings is 7. The molecule has 0 fully saturated rings. The molecule has 7 aromatic carbocycles. The zero-order valence-corrected chi connectivity index (χ0v) is 32.3. The third-order valence-electron chi connectivity index (χ3n) is 10.8. The van der Waals surface area contributed by atoms with Gasteiger partial charge in [0.15, 0.2) is 17.5 Å². The predicted molar refractivity (Wildman–Crippen MR) is 246 cm³/mol. The van der Waals surface area contributed by atoms with Gasteiger partial charge in [-0.15, -0.1) is 0 Å². The van der Waals surface area contributed by atoms with Crippen molar-refractivity contribution in [1.29, 1.82) is 0 Å². The Labute approximate surface area is 343 Å². The molecular weight excluding hydrogens is 717 g/mol. The molecule has 278 valence electrons. The maximum absolute atomic E-state index is 5.36. The van der Waals surface area contributed by atoms with Crippen LogP contribution in [0.1, 0.15) is 12.1 Å². The molecule has 0 N–H and O–H groups in total. The van der Waals surface area contributed by atoms with Gasteiger partial charge in [-0.2, -0.15) is 0 Å². The second kappa shape index (κ2) is 15.6.